The zero-order valence-electron chi connectivity index (χ0n) is 12.4. The number of hydrogen-bond acceptors (Lipinski definition) is 3. The molecule has 1 aromatic rings. The van der Waals surface area contributed by atoms with Gasteiger partial charge < -0.3 is 9.94 Å². The highest BCUT2D eigenvalue weighted by molar-refractivity contribution is 5.81. The predicted molar refractivity (Wildman–Crippen MR) is 80.0 cm³/mol. The predicted octanol–water partition coefficient (Wildman–Crippen LogP) is 3.08. The lowest BCUT2D eigenvalue weighted by Crippen LogP contribution is -2.43. The lowest BCUT2D eigenvalue weighted by Gasteiger charge is -2.25. The van der Waals surface area contributed by atoms with Gasteiger partial charge in [-0.1, -0.05) is 50.1 Å². The van der Waals surface area contributed by atoms with Gasteiger partial charge in [0.15, 0.2) is 6.04 Å². The molecule has 0 aromatic heterocycles. The minimum absolute atomic E-state index is 0.366. The molecule has 0 saturated heterocycles. The Bertz CT molecular complexity index is 484. The topological polar surface area (TPSA) is 66.8 Å². The minimum Gasteiger partial charge on any atom is -0.480 e. The number of unbranched alkanes of at least 4 members (excludes halogenated alkanes) is 1. The molecule has 0 spiro atoms. The van der Waals surface area contributed by atoms with Crippen molar-refractivity contribution < 1.29 is 19.5 Å². The van der Waals surface area contributed by atoms with Crippen molar-refractivity contribution in [3.05, 3.63) is 42.2 Å². The summed E-state index contributed by atoms with van der Waals surface area (Å²) >= 11 is 0. The third-order valence-corrected chi connectivity index (χ3v) is 2.94. The smallest absolute Gasteiger partial charge is 0.330 e. The number of nitrogens with zero attached hydrogens (tertiary/aromatic N) is 1. The van der Waals surface area contributed by atoms with E-state index in [4.69, 9.17) is 4.84 Å². The van der Waals surface area contributed by atoms with Gasteiger partial charge in [-0.15, -0.1) is 0 Å². The second kappa shape index (κ2) is 8.79. The van der Waals surface area contributed by atoms with Crippen LogP contribution < -0.4 is 0 Å². The van der Waals surface area contributed by atoms with E-state index in [1.54, 1.807) is 6.08 Å². The first-order valence-corrected chi connectivity index (χ1v) is 6.97. The van der Waals surface area contributed by atoms with E-state index in [9.17, 15) is 14.7 Å². The lowest BCUT2D eigenvalue weighted by molar-refractivity contribution is -0.186. The highest BCUT2D eigenvalue weighted by Gasteiger charge is 2.28. The Morgan fingerprint density at radius 2 is 2.00 bits per heavy atom. The summed E-state index contributed by atoms with van der Waals surface area (Å²) in [4.78, 5) is 28.1. The maximum Gasteiger partial charge on any atom is 0.330 e. The van der Waals surface area contributed by atoms with Crippen LogP contribution in [-0.4, -0.2) is 28.1 Å². The molecule has 5 nitrogen and oxygen atoms in total. The van der Waals surface area contributed by atoms with Crippen LogP contribution in [0.2, 0.25) is 0 Å². The van der Waals surface area contributed by atoms with Gasteiger partial charge in [0.1, 0.15) is 6.26 Å². The molecule has 0 fully saturated rings. The summed E-state index contributed by atoms with van der Waals surface area (Å²) in [6.07, 6.45) is 4.94. The molecule has 114 valence electrons. The molecule has 0 heterocycles. The van der Waals surface area contributed by atoms with Crippen LogP contribution >= 0.6 is 0 Å². The number of carbonyl (C=O) groups excluding carboxylic acids is 1. The largest absolute Gasteiger partial charge is 0.480 e. The van der Waals surface area contributed by atoms with E-state index in [2.05, 4.69) is 0 Å². The van der Waals surface area contributed by atoms with E-state index in [1.807, 2.05) is 37.3 Å². The Kier molecular flexibility index (Phi) is 7.01. The van der Waals surface area contributed by atoms with Crippen molar-refractivity contribution in [2.24, 2.45) is 0 Å². The van der Waals surface area contributed by atoms with Gasteiger partial charge in [-0.2, -0.15) is 5.06 Å². The number of rotatable bonds is 8. The van der Waals surface area contributed by atoms with Crippen LogP contribution in [0.5, 0.6) is 0 Å². The van der Waals surface area contributed by atoms with Gasteiger partial charge in [0, 0.05) is 6.92 Å². The molecule has 1 atom stereocenters. The van der Waals surface area contributed by atoms with Gasteiger partial charge in [-0.25, -0.2) is 4.79 Å². The minimum atomic E-state index is -1.06. The van der Waals surface area contributed by atoms with Crippen molar-refractivity contribution in [2.45, 2.75) is 39.2 Å². The molecule has 0 radical (unpaired) electrons. The fraction of sp³-hybridized carbons (Fsp3) is 0.375. The fourth-order valence-corrected chi connectivity index (χ4v) is 1.84. The van der Waals surface area contributed by atoms with Crippen molar-refractivity contribution in [3.8, 4) is 0 Å². The highest BCUT2D eigenvalue weighted by atomic mass is 16.7. The Morgan fingerprint density at radius 3 is 2.52 bits per heavy atom. The van der Waals surface area contributed by atoms with Crippen LogP contribution in [0.25, 0.3) is 6.08 Å². The first-order chi connectivity index (χ1) is 10.1. The van der Waals surface area contributed by atoms with Gasteiger partial charge >= 0.3 is 5.97 Å². The van der Waals surface area contributed by atoms with Crippen molar-refractivity contribution >= 4 is 18.0 Å². The molecular formula is C16H21NO4. The Hall–Kier alpha value is -2.30. The van der Waals surface area contributed by atoms with Gasteiger partial charge in [-0.3, -0.25) is 4.79 Å². The number of amides is 1. The van der Waals surface area contributed by atoms with E-state index in [1.165, 1.54) is 13.2 Å². The van der Waals surface area contributed by atoms with Gasteiger partial charge in [0.2, 0.25) is 0 Å². The molecule has 1 aromatic carbocycles. The van der Waals surface area contributed by atoms with Gasteiger partial charge in [0.05, 0.1) is 0 Å². The Balaban J connectivity index is 2.74. The highest BCUT2D eigenvalue weighted by Crippen LogP contribution is 2.12. The van der Waals surface area contributed by atoms with Crippen molar-refractivity contribution in [2.75, 3.05) is 0 Å². The van der Waals surface area contributed by atoms with Crippen LogP contribution in [0.4, 0.5) is 0 Å². The quantitative estimate of drug-likeness (QED) is 0.590. The molecule has 0 saturated carbocycles. The molecule has 0 bridgehead atoms. The van der Waals surface area contributed by atoms with Gasteiger partial charge in [-0.05, 0) is 18.1 Å². The van der Waals surface area contributed by atoms with E-state index < -0.39 is 17.9 Å². The number of hydrogen-bond donors (Lipinski definition) is 1. The normalized spacial score (nSPS) is 12.1. The fourth-order valence-electron chi connectivity index (χ4n) is 1.84. The van der Waals surface area contributed by atoms with Crippen LogP contribution in [0.15, 0.2) is 36.6 Å². The summed E-state index contributed by atoms with van der Waals surface area (Å²) in [5.41, 5.74) is 0.904. The maximum absolute atomic E-state index is 11.6. The Labute approximate surface area is 124 Å². The number of carboxylic acid groups (broad SMARTS) is 1. The second-order valence-corrected chi connectivity index (χ2v) is 4.66. The third-order valence-electron chi connectivity index (χ3n) is 2.94. The van der Waals surface area contributed by atoms with Crippen molar-refractivity contribution in [3.63, 3.8) is 0 Å². The molecule has 5 heteroatoms. The van der Waals surface area contributed by atoms with Crippen LogP contribution in [0.1, 0.15) is 38.7 Å². The summed E-state index contributed by atoms with van der Waals surface area (Å²) in [5, 5.41) is 10.2. The molecule has 1 amide bonds. The van der Waals surface area contributed by atoms with Crippen LogP contribution in [0, 0.1) is 0 Å². The summed E-state index contributed by atoms with van der Waals surface area (Å²) in [6.45, 7) is 3.26. The zero-order chi connectivity index (χ0) is 15.7. The molecular weight excluding hydrogens is 270 g/mol. The molecule has 0 aliphatic rings. The van der Waals surface area contributed by atoms with Gasteiger partial charge in [0.25, 0.3) is 5.91 Å². The van der Waals surface area contributed by atoms with E-state index in [-0.39, 0.29) is 0 Å². The molecule has 0 aliphatic carbocycles. The van der Waals surface area contributed by atoms with Crippen molar-refractivity contribution in [1.82, 2.24) is 5.06 Å². The second-order valence-electron chi connectivity index (χ2n) is 4.66. The third kappa shape index (κ3) is 5.69. The standard InChI is InChI=1S/C16H21NO4/c1-3-4-10-15(16(19)20)17(13(2)18)21-12-11-14-8-6-5-7-9-14/h5-9,11-12,15H,3-4,10H2,1-2H3,(H,19,20). The first-order valence-electron chi connectivity index (χ1n) is 6.97. The summed E-state index contributed by atoms with van der Waals surface area (Å²) in [6, 6.07) is 8.44. The summed E-state index contributed by atoms with van der Waals surface area (Å²) in [7, 11) is 0. The molecule has 21 heavy (non-hydrogen) atoms. The first kappa shape index (κ1) is 16.8. The number of aliphatic carboxylic acids is 1. The van der Waals surface area contributed by atoms with E-state index in [0.29, 0.717) is 12.8 Å². The average Bonchev–Trinajstić information content (AvgIpc) is 2.46. The summed E-state index contributed by atoms with van der Waals surface area (Å²) < 4.78 is 0. The number of benzene rings is 1. The molecule has 1 N–H and O–H groups in total. The lowest BCUT2D eigenvalue weighted by atomic mass is 10.1. The molecule has 1 rings (SSSR count). The number of carbonyl (C=O) groups is 2. The average molecular weight is 291 g/mol. The number of carboxylic acids is 1. The van der Waals surface area contributed by atoms with E-state index >= 15 is 0 Å². The van der Waals surface area contributed by atoms with E-state index in [0.717, 1.165) is 17.0 Å². The van der Waals surface area contributed by atoms with Crippen LogP contribution in [-0.2, 0) is 14.4 Å². The monoisotopic (exact) mass is 291 g/mol. The van der Waals surface area contributed by atoms with Crippen molar-refractivity contribution in [1.29, 1.82) is 0 Å². The summed E-state index contributed by atoms with van der Waals surface area (Å²) in [5.74, 6) is -1.50. The zero-order valence-corrected chi connectivity index (χ0v) is 12.4. The molecule has 1 unspecified atom stereocenters. The number of hydroxylamine groups is 2. The maximum atomic E-state index is 11.6. The molecule has 0 aliphatic heterocycles. The van der Waals surface area contributed by atoms with Crippen LogP contribution in [0.3, 0.4) is 0 Å². The SMILES string of the molecule is CCCCC(C(=O)O)N(OC=Cc1ccccc1)C(C)=O. The Morgan fingerprint density at radius 1 is 1.33 bits per heavy atom.